The van der Waals surface area contributed by atoms with Crippen molar-refractivity contribution in [1.82, 2.24) is 29.1 Å². The van der Waals surface area contributed by atoms with Gasteiger partial charge in [-0.25, -0.2) is 37.1 Å². The van der Waals surface area contributed by atoms with Gasteiger partial charge in [0.1, 0.15) is 42.0 Å². The summed E-state index contributed by atoms with van der Waals surface area (Å²) in [5, 5.41) is 8.63. The fourth-order valence-corrected chi connectivity index (χ4v) is 9.96. The summed E-state index contributed by atoms with van der Waals surface area (Å²) < 4.78 is 82.1. The van der Waals surface area contributed by atoms with Crippen molar-refractivity contribution < 1.29 is 41.1 Å². The molecule has 2 fully saturated rings. The fourth-order valence-electron chi connectivity index (χ4n) is 8.28. The van der Waals surface area contributed by atoms with Gasteiger partial charge in [0.05, 0.1) is 48.8 Å². The van der Waals surface area contributed by atoms with Gasteiger partial charge in [0.2, 0.25) is 0 Å². The van der Waals surface area contributed by atoms with E-state index in [-0.39, 0.29) is 30.5 Å². The van der Waals surface area contributed by atoms with Gasteiger partial charge < -0.3 is 24.0 Å². The van der Waals surface area contributed by atoms with Crippen LogP contribution in [0.5, 0.6) is 5.75 Å². The molecule has 0 spiro atoms. The molecule has 2 aliphatic rings. The number of aromatic nitrogens is 6. The van der Waals surface area contributed by atoms with Crippen molar-refractivity contribution in [3.05, 3.63) is 113 Å². The summed E-state index contributed by atoms with van der Waals surface area (Å²) in [6.45, 7) is 18.2. The van der Waals surface area contributed by atoms with Crippen LogP contribution < -0.4 is 20.2 Å². The molecule has 4 heterocycles. The van der Waals surface area contributed by atoms with Crippen molar-refractivity contribution in [2.45, 2.75) is 104 Å². The summed E-state index contributed by atoms with van der Waals surface area (Å²) in [6, 6.07) is 19.0. The molecule has 4 atom stereocenters. The Morgan fingerprint density at radius 1 is 0.862 bits per heavy atom. The van der Waals surface area contributed by atoms with Crippen LogP contribution in [0.4, 0.5) is 20.2 Å². The lowest BCUT2D eigenvalue weighted by atomic mass is 9.87. The topological polar surface area (TPSA) is 149 Å². The number of anilines is 2. The summed E-state index contributed by atoms with van der Waals surface area (Å²) >= 11 is 0. The summed E-state index contributed by atoms with van der Waals surface area (Å²) in [4.78, 5) is 22.3. The molecule has 0 amide bonds. The van der Waals surface area contributed by atoms with Crippen molar-refractivity contribution in [3.8, 4) is 11.4 Å². The van der Waals surface area contributed by atoms with Crippen molar-refractivity contribution in [2.24, 2.45) is 5.92 Å². The zero-order chi connectivity index (χ0) is 46.6. The second kappa shape index (κ2) is 19.9. The number of rotatable bonds is 18. The molecule has 0 aliphatic carbocycles. The quantitative estimate of drug-likeness (QED) is 0.0613. The van der Waals surface area contributed by atoms with E-state index in [9.17, 15) is 13.8 Å². The molecule has 2 aliphatic heterocycles. The second-order valence-electron chi connectivity index (χ2n) is 18.6. The Bertz CT molecular complexity index is 2410. The van der Waals surface area contributed by atoms with Crippen LogP contribution in [0.1, 0.15) is 79.8 Å². The Morgan fingerprint density at radius 2 is 1.48 bits per heavy atom. The smallest absolute Gasteiger partial charge is 0.477 e. The van der Waals surface area contributed by atoms with Gasteiger partial charge in [0.15, 0.2) is 6.79 Å². The highest BCUT2D eigenvalue weighted by atomic mass is 31.2. The van der Waals surface area contributed by atoms with Crippen molar-refractivity contribution >= 4 is 19.2 Å². The van der Waals surface area contributed by atoms with Gasteiger partial charge in [-0.3, -0.25) is 13.6 Å². The molecular formula is C46H61F2N8O8P. The van der Waals surface area contributed by atoms with Gasteiger partial charge in [-0.1, -0.05) is 13.0 Å². The Labute approximate surface area is 379 Å². The van der Waals surface area contributed by atoms with E-state index in [0.29, 0.717) is 31.7 Å². The summed E-state index contributed by atoms with van der Waals surface area (Å²) in [5.41, 5.74) is 0.197. The highest BCUT2D eigenvalue weighted by Gasteiger charge is 2.45. The minimum Gasteiger partial charge on any atom is -0.493 e. The molecule has 352 valence electrons. The summed E-state index contributed by atoms with van der Waals surface area (Å²) in [7, 11) is -3.97. The highest BCUT2D eigenvalue weighted by Crippen LogP contribution is 2.55. The van der Waals surface area contributed by atoms with Gasteiger partial charge >= 0.3 is 13.5 Å². The van der Waals surface area contributed by atoms with Gasteiger partial charge in [0, 0.05) is 55.1 Å². The van der Waals surface area contributed by atoms with E-state index in [0.717, 1.165) is 49.4 Å². The predicted octanol–water partition coefficient (Wildman–Crippen LogP) is 8.31. The normalized spacial score (nSPS) is 19.4. The van der Waals surface area contributed by atoms with Crippen LogP contribution in [0.15, 0.2) is 90.5 Å². The molecule has 2 aromatic heterocycles. The first kappa shape index (κ1) is 48.0. The number of halogens is 2. The number of phosphoric ester groups is 1. The van der Waals surface area contributed by atoms with E-state index in [1.807, 2.05) is 50.2 Å². The zero-order valence-electron chi connectivity index (χ0n) is 38.4. The zero-order valence-corrected chi connectivity index (χ0v) is 39.3. The number of phosphoric acid groups is 1. The number of piperazine rings is 1. The molecule has 0 N–H and O–H groups in total. The molecule has 19 heteroatoms. The molecule has 2 saturated heterocycles. The van der Waals surface area contributed by atoms with Crippen molar-refractivity contribution in [3.63, 3.8) is 0 Å². The maximum Gasteiger partial charge on any atom is 0.477 e. The third kappa shape index (κ3) is 12.1. The summed E-state index contributed by atoms with van der Waals surface area (Å²) in [6.07, 6.45) is 4.96. The van der Waals surface area contributed by atoms with E-state index in [2.05, 4.69) is 37.1 Å². The maximum absolute atomic E-state index is 15.1. The largest absolute Gasteiger partial charge is 0.493 e. The van der Waals surface area contributed by atoms with Crippen LogP contribution in [0.25, 0.3) is 5.69 Å². The van der Waals surface area contributed by atoms with Gasteiger partial charge in [-0.05, 0) is 116 Å². The van der Waals surface area contributed by atoms with E-state index in [1.165, 1.54) is 34.0 Å². The Balaban J connectivity index is 0.894. The average molecular weight is 923 g/mol. The standard InChI is InChI=1S/C46H61F2N8O8P/c1-9-42(33(2)60-32-62-65(58,63-44(3,4)5)64-45(6,7)8)56-43(57)55(31-51-56)38-13-11-36(12-14-38)52-20-22-53(23-21-52)37-15-17-39(18-16-37)59-26-34-25-46(61-27-34,28-54-30-49-29-50-54)40-19-10-35(47)24-41(40)48/h10-19,24,29-31,33-34,42H,9,20-23,25-28,32H2,1-8H3/t33-,34-,42-,46?/m0/s1. The van der Waals surface area contributed by atoms with Gasteiger partial charge in [-0.2, -0.15) is 10.2 Å². The molecule has 1 unspecified atom stereocenters. The monoisotopic (exact) mass is 922 g/mol. The molecule has 0 bridgehead atoms. The molecule has 7 rings (SSSR count). The lowest BCUT2D eigenvalue weighted by molar-refractivity contribution is -0.0830. The van der Waals surface area contributed by atoms with Crippen LogP contribution in [-0.4, -0.2) is 92.6 Å². The third-order valence-corrected chi connectivity index (χ3v) is 13.2. The maximum atomic E-state index is 15.1. The minimum absolute atomic E-state index is 0.0312. The highest BCUT2D eigenvalue weighted by molar-refractivity contribution is 7.48. The first-order valence-electron chi connectivity index (χ1n) is 22.0. The molecule has 0 radical (unpaired) electrons. The van der Waals surface area contributed by atoms with Crippen molar-refractivity contribution in [1.29, 1.82) is 0 Å². The lowest BCUT2D eigenvalue weighted by Gasteiger charge is -2.37. The van der Waals surface area contributed by atoms with Crippen LogP contribution >= 0.6 is 7.82 Å². The molecular weight excluding hydrogens is 862 g/mol. The van der Waals surface area contributed by atoms with E-state index in [1.54, 1.807) is 52.6 Å². The first-order chi connectivity index (χ1) is 30.8. The Morgan fingerprint density at radius 3 is 2.05 bits per heavy atom. The Hall–Kier alpha value is -4.97. The molecule has 65 heavy (non-hydrogen) atoms. The molecule has 5 aromatic rings. The second-order valence-corrected chi connectivity index (χ2v) is 20.1. The van der Waals surface area contributed by atoms with Crippen LogP contribution in [-0.2, 0) is 39.8 Å². The molecule has 3 aromatic carbocycles. The number of benzene rings is 3. The number of hydrogen-bond acceptors (Lipinski definition) is 13. The fraction of sp³-hybridized carbons (Fsp3) is 0.522. The SMILES string of the molecule is CC[C@@H]([C@H](C)OCOP(=O)(OC(C)(C)C)OC(C)(C)C)n1ncn(-c2ccc(N3CCN(c4ccc(OC[C@H]5COC(Cn6cncn6)(c6ccc(F)cc6F)C5)cc4)CC3)cc2)c1=O. The minimum atomic E-state index is -3.97. The Kier molecular flexibility index (Phi) is 14.7. The molecule has 16 nitrogen and oxygen atoms in total. The van der Waals surface area contributed by atoms with Crippen LogP contribution in [0.3, 0.4) is 0 Å². The van der Waals surface area contributed by atoms with E-state index in [4.69, 9.17) is 27.8 Å². The van der Waals surface area contributed by atoms with Gasteiger partial charge in [0.25, 0.3) is 0 Å². The number of ether oxygens (including phenoxy) is 3. The van der Waals surface area contributed by atoms with Crippen LogP contribution in [0.2, 0.25) is 0 Å². The molecule has 0 saturated carbocycles. The lowest BCUT2D eigenvalue weighted by Crippen LogP contribution is -2.46. The first-order valence-corrected chi connectivity index (χ1v) is 23.5. The number of hydrogen-bond donors (Lipinski definition) is 0. The average Bonchev–Trinajstić information content (AvgIpc) is 4.01. The summed E-state index contributed by atoms with van der Waals surface area (Å²) in [5.74, 6) is -0.614. The van der Waals surface area contributed by atoms with Gasteiger partial charge in [-0.15, -0.1) is 0 Å². The van der Waals surface area contributed by atoms with E-state index < -0.39 is 48.4 Å². The van der Waals surface area contributed by atoms with Crippen LogP contribution in [0, 0.1) is 17.6 Å². The van der Waals surface area contributed by atoms with E-state index >= 15 is 4.39 Å². The number of nitrogens with zero attached hydrogens (tertiary/aromatic N) is 8. The third-order valence-electron chi connectivity index (χ3n) is 11.3. The predicted molar refractivity (Wildman–Crippen MR) is 241 cm³/mol. The van der Waals surface area contributed by atoms with Crippen molar-refractivity contribution in [2.75, 3.05) is 56.0 Å².